The zero-order valence-electron chi connectivity index (χ0n) is 18.4. The van der Waals surface area contributed by atoms with Crippen LogP contribution in [0.4, 0.5) is 14.9 Å². The monoisotopic (exact) mass is 474 g/mol. The van der Waals surface area contributed by atoms with Crippen LogP contribution in [0.2, 0.25) is 5.02 Å². The van der Waals surface area contributed by atoms with E-state index in [1.54, 1.807) is 17.1 Å². The van der Waals surface area contributed by atoms with Gasteiger partial charge in [-0.1, -0.05) is 17.7 Å². The quantitative estimate of drug-likeness (QED) is 0.502. The highest BCUT2D eigenvalue weighted by atomic mass is 35.5. The van der Waals surface area contributed by atoms with Gasteiger partial charge in [0.05, 0.1) is 31.8 Å². The Balaban J connectivity index is 1.67. The normalized spacial score (nSPS) is 14.3. The number of halogens is 2. The van der Waals surface area contributed by atoms with Gasteiger partial charge in [0.15, 0.2) is 0 Å². The minimum absolute atomic E-state index is 0.326. The lowest BCUT2D eigenvalue weighted by Crippen LogP contribution is -2.41. The second-order valence-electron chi connectivity index (χ2n) is 7.87. The van der Waals surface area contributed by atoms with Crippen LogP contribution in [-0.2, 0) is 11.2 Å². The highest BCUT2D eigenvalue weighted by Gasteiger charge is 2.32. The summed E-state index contributed by atoms with van der Waals surface area (Å²) in [7, 11) is 3.33. The molecular weight excluding hydrogens is 451 g/mol. The summed E-state index contributed by atoms with van der Waals surface area (Å²) in [5.74, 6) is -0.332. The Hall–Kier alpha value is -2.68. The standard InChI is InChI=1S/C23H24ClFN4O2S/c1-14-8-16(9-21(15(14)2)28-12-27(3)13-29(28)23(30)31-4)22-26-17(11-32-22)10-18-19(24)6-5-7-20(18)25/h5-9,11H,10,12-13H2,1-4H3. The van der Waals surface area contributed by atoms with Crippen LogP contribution >= 0.6 is 22.9 Å². The maximum absolute atomic E-state index is 14.2. The number of rotatable bonds is 4. The molecule has 3 aromatic rings. The van der Waals surface area contributed by atoms with E-state index in [0.29, 0.717) is 30.3 Å². The van der Waals surface area contributed by atoms with Gasteiger partial charge in [0, 0.05) is 28.0 Å². The van der Waals surface area contributed by atoms with Crippen molar-refractivity contribution in [2.45, 2.75) is 20.3 Å². The molecule has 6 nitrogen and oxygen atoms in total. The van der Waals surface area contributed by atoms with Crippen LogP contribution in [0, 0.1) is 19.7 Å². The number of hydrogen-bond donors (Lipinski definition) is 0. The summed E-state index contributed by atoms with van der Waals surface area (Å²) in [6.07, 6.45) is -0.0812. The smallest absolute Gasteiger partial charge is 0.429 e. The van der Waals surface area contributed by atoms with Crippen LogP contribution < -0.4 is 5.01 Å². The van der Waals surface area contributed by atoms with Gasteiger partial charge in [-0.15, -0.1) is 11.3 Å². The van der Waals surface area contributed by atoms with Crippen LogP contribution in [0.3, 0.4) is 0 Å². The first-order chi connectivity index (χ1) is 15.3. The van der Waals surface area contributed by atoms with E-state index in [-0.39, 0.29) is 5.82 Å². The number of anilines is 1. The van der Waals surface area contributed by atoms with Crippen LogP contribution in [0.15, 0.2) is 35.7 Å². The summed E-state index contributed by atoms with van der Waals surface area (Å²) in [6, 6.07) is 8.81. The van der Waals surface area contributed by atoms with Crippen molar-refractivity contribution in [2.75, 3.05) is 32.5 Å². The van der Waals surface area contributed by atoms with Crippen molar-refractivity contribution in [3.63, 3.8) is 0 Å². The number of ether oxygens (including phenoxy) is 1. The van der Waals surface area contributed by atoms with Gasteiger partial charge in [0.2, 0.25) is 0 Å². The molecule has 0 aliphatic carbocycles. The number of carbonyl (C=O) groups is 1. The second-order valence-corrected chi connectivity index (χ2v) is 9.13. The molecule has 168 valence electrons. The van der Waals surface area contributed by atoms with Crippen molar-refractivity contribution in [1.29, 1.82) is 0 Å². The van der Waals surface area contributed by atoms with E-state index >= 15 is 0 Å². The predicted molar refractivity (Wildman–Crippen MR) is 125 cm³/mol. The molecule has 2 heterocycles. The highest BCUT2D eigenvalue weighted by Crippen LogP contribution is 2.35. The second kappa shape index (κ2) is 9.05. The first kappa shape index (κ1) is 22.5. The van der Waals surface area contributed by atoms with Crippen molar-refractivity contribution >= 4 is 34.7 Å². The molecule has 2 aromatic carbocycles. The number of aromatic nitrogens is 1. The van der Waals surface area contributed by atoms with E-state index in [4.69, 9.17) is 21.3 Å². The molecule has 0 saturated carbocycles. The van der Waals surface area contributed by atoms with E-state index < -0.39 is 6.09 Å². The Morgan fingerprint density at radius 2 is 2.06 bits per heavy atom. The molecule has 1 fully saturated rings. The number of benzene rings is 2. The number of nitrogens with zero attached hydrogens (tertiary/aromatic N) is 4. The van der Waals surface area contributed by atoms with Gasteiger partial charge in [0.1, 0.15) is 10.8 Å². The highest BCUT2D eigenvalue weighted by molar-refractivity contribution is 7.13. The van der Waals surface area contributed by atoms with Gasteiger partial charge in [-0.05, 0) is 56.3 Å². The molecule has 1 aliphatic rings. The number of aryl methyl sites for hydroxylation is 1. The molecular formula is C23H24ClFN4O2S. The summed E-state index contributed by atoms with van der Waals surface area (Å²) < 4.78 is 19.2. The number of thiazole rings is 1. The lowest BCUT2D eigenvalue weighted by Gasteiger charge is -2.29. The van der Waals surface area contributed by atoms with E-state index in [1.807, 2.05) is 42.3 Å². The molecule has 0 spiro atoms. The van der Waals surface area contributed by atoms with Gasteiger partial charge >= 0.3 is 6.09 Å². The molecule has 0 radical (unpaired) electrons. The number of amides is 1. The number of carbonyl (C=O) groups excluding carboxylic acids is 1. The molecule has 0 unspecified atom stereocenters. The van der Waals surface area contributed by atoms with Crippen molar-refractivity contribution < 1.29 is 13.9 Å². The Morgan fingerprint density at radius 1 is 1.28 bits per heavy atom. The molecule has 0 atom stereocenters. The molecule has 1 amide bonds. The Labute approximate surface area is 195 Å². The molecule has 4 rings (SSSR count). The van der Waals surface area contributed by atoms with Crippen LogP contribution in [-0.4, -0.2) is 48.5 Å². The molecule has 0 bridgehead atoms. The third kappa shape index (κ3) is 4.30. The van der Waals surface area contributed by atoms with Gasteiger partial charge in [-0.3, -0.25) is 9.91 Å². The molecule has 1 saturated heterocycles. The number of hydrazine groups is 1. The summed E-state index contributed by atoms with van der Waals surface area (Å²) in [5.41, 5.74) is 5.23. The van der Waals surface area contributed by atoms with Gasteiger partial charge < -0.3 is 4.74 Å². The summed E-state index contributed by atoms with van der Waals surface area (Å²) in [5, 5.41) is 6.66. The summed E-state index contributed by atoms with van der Waals surface area (Å²) in [4.78, 5) is 19.1. The fourth-order valence-corrected chi connectivity index (χ4v) is 4.80. The predicted octanol–water partition coefficient (Wildman–Crippen LogP) is 5.46. The van der Waals surface area contributed by atoms with Crippen molar-refractivity contribution in [3.8, 4) is 10.6 Å². The zero-order valence-corrected chi connectivity index (χ0v) is 19.9. The van der Waals surface area contributed by atoms with E-state index in [9.17, 15) is 9.18 Å². The molecule has 1 aromatic heterocycles. The van der Waals surface area contributed by atoms with Crippen LogP contribution in [0.1, 0.15) is 22.4 Å². The zero-order chi connectivity index (χ0) is 23.0. The maximum Gasteiger partial charge on any atom is 0.429 e. The van der Waals surface area contributed by atoms with Gasteiger partial charge in [0.25, 0.3) is 0 Å². The molecule has 0 N–H and O–H groups in total. The first-order valence-electron chi connectivity index (χ1n) is 10.1. The van der Waals surface area contributed by atoms with Crippen LogP contribution in [0.5, 0.6) is 0 Å². The largest absolute Gasteiger partial charge is 0.451 e. The lowest BCUT2D eigenvalue weighted by atomic mass is 10.0. The number of methoxy groups -OCH3 is 1. The van der Waals surface area contributed by atoms with Crippen molar-refractivity contribution in [2.24, 2.45) is 0 Å². The van der Waals surface area contributed by atoms with E-state index in [0.717, 1.165) is 33.1 Å². The Morgan fingerprint density at radius 3 is 2.78 bits per heavy atom. The van der Waals surface area contributed by atoms with Gasteiger partial charge in [-0.2, -0.15) is 0 Å². The molecule has 1 aliphatic heterocycles. The minimum atomic E-state index is -0.407. The minimum Gasteiger partial charge on any atom is -0.451 e. The topological polar surface area (TPSA) is 48.9 Å². The lowest BCUT2D eigenvalue weighted by molar-refractivity contribution is 0.123. The van der Waals surface area contributed by atoms with E-state index in [2.05, 4.69) is 6.07 Å². The Kier molecular flexibility index (Phi) is 6.37. The SMILES string of the molecule is COC(=O)N1CN(C)CN1c1cc(-c2nc(Cc3c(F)cccc3Cl)cs2)cc(C)c1C. The van der Waals surface area contributed by atoms with Crippen LogP contribution in [0.25, 0.3) is 10.6 Å². The van der Waals surface area contributed by atoms with E-state index in [1.165, 1.54) is 24.5 Å². The van der Waals surface area contributed by atoms with Crippen molar-refractivity contribution in [3.05, 3.63) is 68.9 Å². The third-order valence-corrected chi connectivity index (χ3v) is 6.86. The molecule has 32 heavy (non-hydrogen) atoms. The summed E-state index contributed by atoms with van der Waals surface area (Å²) in [6.45, 7) is 5.09. The maximum atomic E-state index is 14.2. The average Bonchev–Trinajstić information content (AvgIpc) is 3.39. The number of hydrogen-bond acceptors (Lipinski definition) is 6. The fourth-order valence-electron chi connectivity index (χ4n) is 3.76. The first-order valence-corrected chi connectivity index (χ1v) is 11.3. The third-order valence-electron chi connectivity index (χ3n) is 5.56. The fraction of sp³-hybridized carbons (Fsp3) is 0.304. The average molecular weight is 475 g/mol. The van der Waals surface area contributed by atoms with Crippen molar-refractivity contribution in [1.82, 2.24) is 14.9 Å². The Bertz CT molecular complexity index is 1150. The molecule has 9 heteroatoms. The summed E-state index contributed by atoms with van der Waals surface area (Å²) >= 11 is 7.68. The van der Waals surface area contributed by atoms with Gasteiger partial charge in [-0.25, -0.2) is 19.2 Å².